The van der Waals surface area contributed by atoms with Crippen LogP contribution in [0.2, 0.25) is 0 Å². The van der Waals surface area contributed by atoms with Crippen LogP contribution in [0.5, 0.6) is 0 Å². The van der Waals surface area contributed by atoms with E-state index >= 15 is 0 Å². The fourth-order valence-electron chi connectivity index (χ4n) is 1.09. The molecule has 0 aliphatic heterocycles. The van der Waals surface area contributed by atoms with Gasteiger partial charge in [0.1, 0.15) is 0 Å². The highest BCUT2D eigenvalue weighted by Gasteiger charge is 2.11. The standard InChI is InChI=1S/C10H15N.CH4O4S/c1-8(9(2)11)10-6-4-3-5-7-10;1-5-6(2,3)4/h3-9H,11H2,1-2H3;1H3,(H,2,3,4)/t8-,9?;/m1./s1. The van der Waals surface area contributed by atoms with Crippen LogP contribution in [0.15, 0.2) is 30.3 Å². The Bertz CT molecular complexity index is 403. The van der Waals surface area contributed by atoms with E-state index in [4.69, 9.17) is 0 Å². The summed E-state index contributed by atoms with van der Waals surface area (Å²) in [5.41, 5.74) is 5.40. The lowest BCUT2D eigenvalue weighted by Gasteiger charge is -2.12. The first-order valence-electron chi connectivity index (χ1n) is 5.17. The minimum atomic E-state index is -4.41. The molecule has 98 valence electrons. The highest BCUT2D eigenvalue weighted by atomic mass is 32.3. The van der Waals surface area contributed by atoms with Crippen LogP contribution in [-0.2, 0) is 14.6 Å². The van der Waals surface area contributed by atoms with Gasteiger partial charge >= 0.3 is 0 Å². The van der Waals surface area contributed by atoms with E-state index in [0.717, 1.165) is 7.11 Å². The van der Waals surface area contributed by atoms with Crippen molar-refractivity contribution in [1.29, 1.82) is 0 Å². The molecule has 1 aromatic rings. The SMILES string of the molecule is CC([NH3+])[C@@H](C)c1ccccc1.COS(=O)(=O)[O-]. The fourth-order valence-corrected chi connectivity index (χ4v) is 1.09. The lowest BCUT2D eigenvalue weighted by atomic mass is 9.95. The Labute approximate surface area is 103 Å². The molecule has 17 heavy (non-hydrogen) atoms. The Morgan fingerprint density at radius 3 is 1.94 bits per heavy atom. The molecule has 0 aromatic heterocycles. The summed E-state index contributed by atoms with van der Waals surface area (Å²) >= 11 is 0. The summed E-state index contributed by atoms with van der Waals surface area (Å²) in [5, 5.41) is 0. The number of benzene rings is 1. The van der Waals surface area contributed by atoms with Crippen molar-refractivity contribution >= 4 is 10.4 Å². The molecule has 0 saturated heterocycles. The van der Waals surface area contributed by atoms with Gasteiger partial charge in [0, 0.05) is 5.92 Å². The van der Waals surface area contributed by atoms with E-state index in [2.05, 4.69) is 48.0 Å². The first kappa shape index (κ1) is 16.1. The number of hydrogen-bond donors (Lipinski definition) is 1. The van der Waals surface area contributed by atoms with Gasteiger partial charge in [-0.25, -0.2) is 8.42 Å². The van der Waals surface area contributed by atoms with Crippen molar-refractivity contribution in [3.05, 3.63) is 35.9 Å². The van der Waals surface area contributed by atoms with Crippen molar-refractivity contribution in [1.82, 2.24) is 0 Å². The first-order chi connectivity index (χ1) is 7.78. The monoisotopic (exact) mass is 261 g/mol. The number of quaternary nitrogens is 1. The summed E-state index contributed by atoms with van der Waals surface area (Å²) < 4.78 is 31.0. The van der Waals surface area contributed by atoms with Gasteiger partial charge in [-0.2, -0.15) is 0 Å². The van der Waals surface area contributed by atoms with Crippen molar-refractivity contribution in [2.45, 2.75) is 25.8 Å². The third kappa shape index (κ3) is 7.87. The number of hydrogen-bond acceptors (Lipinski definition) is 4. The highest BCUT2D eigenvalue weighted by molar-refractivity contribution is 7.80. The predicted molar refractivity (Wildman–Crippen MR) is 63.9 cm³/mol. The highest BCUT2D eigenvalue weighted by Crippen LogP contribution is 2.15. The van der Waals surface area contributed by atoms with Crippen molar-refractivity contribution in [3.8, 4) is 0 Å². The van der Waals surface area contributed by atoms with Crippen LogP contribution in [0.3, 0.4) is 0 Å². The lowest BCUT2D eigenvalue weighted by Crippen LogP contribution is -2.61. The summed E-state index contributed by atoms with van der Waals surface area (Å²) in [5.74, 6) is 0.566. The Kier molecular flexibility index (Phi) is 6.98. The zero-order valence-corrected chi connectivity index (χ0v) is 11.1. The molecule has 3 N–H and O–H groups in total. The molecule has 0 bridgehead atoms. The van der Waals surface area contributed by atoms with Gasteiger partial charge in [0.05, 0.1) is 13.2 Å². The van der Waals surface area contributed by atoms with Gasteiger partial charge in [0.15, 0.2) is 0 Å². The quantitative estimate of drug-likeness (QED) is 0.633. The average molecular weight is 261 g/mol. The zero-order valence-electron chi connectivity index (χ0n) is 10.3. The predicted octanol–water partition coefficient (Wildman–Crippen LogP) is 0.513. The molecule has 0 amide bonds. The molecule has 1 unspecified atom stereocenters. The van der Waals surface area contributed by atoms with E-state index in [1.807, 2.05) is 6.07 Å². The topological polar surface area (TPSA) is 94.1 Å². The van der Waals surface area contributed by atoms with Crippen LogP contribution in [0, 0.1) is 0 Å². The lowest BCUT2D eigenvalue weighted by molar-refractivity contribution is -0.418. The van der Waals surface area contributed by atoms with E-state index in [1.54, 1.807) is 0 Å². The molecular formula is C11H19NO4S. The fraction of sp³-hybridized carbons (Fsp3) is 0.455. The maximum absolute atomic E-state index is 9.22. The maximum atomic E-state index is 9.22. The Balaban J connectivity index is 0.000000366. The molecule has 0 spiro atoms. The summed E-state index contributed by atoms with van der Waals surface area (Å²) in [6.07, 6.45) is 0. The van der Waals surface area contributed by atoms with Gasteiger partial charge in [-0.05, 0) is 12.5 Å². The van der Waals surface area contributed by atoms with Crippen LogP contribution < -0.4 is 5.73 Å². The second-order valence-electron chi connectivity index (χ2n) is 3.75. The van der Waals surface area contributed by atoms with Crippen molar-refractivity contribution in [3.63, 3.8) is 0 Å². The zero-order chi connectivity index (χ0) is 13.5. The second-order valence-corrected chi connectivity index (χ2v) is 4.90. The third-order valence-electron chi connectivity index (χ3n) is 2.38. The smallest absolute Gasteiger partial charge is 0.217 e. The largest absolute Gasteiger partial charge is 0.726 e. The number of rotatable bonds is 3. The molecule has 2 atom stereocenters. The van der Waals surface area contributed by atoms with Crippen LogP contribution in [-0.4, -0.2) is 26.1 Å². The molecular weight excluding hydrogens is 242 g/mol. The van der Waals surface area contributed by atoms with Gasteiger partial charge < -0.3 is 10.3 Å². The van der Waals surface area contributed by atoms with Gasteiger partial charge in [0.25, 0.3) is 0 Å². The molecule has 0 aliphatic rings. The van der Waals surface area contributed by atoms with Crippen LogP contribution >= 0.6 is 0 Å². The second kappa shape index (κ2) is 7.39. The van der Waals surface area contributed by atoms with Gasteiger partial charge in [-0.3, -0.25) is 4.18 Å². The van der Waals surface area contributed by atoms with E-state index in [0.29, 0.717) is 12.0 Å². The summed E-state index contributed by atoms with van der Waals surface area (Å²) in [7, 11) is -3.60. The van der Waals surface area contributed by atoms with Crippen LogP contribution in [0.4, 0.5) is 0 Å². The molecule has 0 heterocycles. The molecule has 1 aromatic carbocycles. The van der Waals surface area contributed by atoms with E-state index in [1.165, 1.54) is 5.56 Å². The van der Waals surface area contributed by atoms with Crippen molar-refractivity contribution < 1.29 is 22.9 Å². The summed E-state index contributed by atoms with van der Waals surface area (Å²) in [4.78, 5) is 0. The minimum absolute atomic E-state index is 0.484. The summed E-state index contributed by atoms with van der Waals surface area (Å²) in [6, 6.07) is 11.0. The molecule has 0 radical (unpaired) electrons. The minimum Gasteiger partial charge on any atom is -0.726 e. The molecule has 0 saturated carbocycles. The van der Waals surface area contributed by atoms with E-state index in [9.17, 15) is 13.0 Å². The van der Waals surface area contributed by atoms with Crippen molar-refractivity contribution in [2.24, 2.45) is 0 Å². The van der Waals surface area contributed by atoms with E-state index in [-0.39, 0.29) is 0 Å². The van der Waals surface area contributed by atoms with Gasteiger partial charge in [-0.1, -0.05) is 37.3 Å². The molecule has 5 nitrogen and oxygen atoms in total. The van der Waals surface area contributed by atoms with Gasteiger partial charge in [-0.15, -0.1) is 0 Å². The maximum Gasteiger partial charge on any atom is 0.217 e. The molecule has 0 aliphatic carbocycles. The Morgan fingerprint density at radius 2 is 1.65 bits per heavy atom. The molecule has 6 heteroatoms. The Hall–Kier alpha value is -0.950. The van der Waals surface area contributed by atoms with E-state index < -0.39 is 10.4 Å². The van der Waals surface area contributed by atoms with Crippen molar-refractivity contribution in [2.75, 3.05) is 7.11 Å². The first-order valence-corrected chi connectivity index (χ1v) is 6.50. The van der Waals surface area contributed by atoms with Gasteiger partial charge in [0.2, 0.25) is 10.4 Å². The average Bonchev–Trinajstić information content (AvgIpc) is 2.29. The third-order valence-corrected chi connectivity index (χ3v) is 2.79. The molecule has 0 fully saturated rings. The normalized spacial score (nSPS) is 14.4. The van der Waals surface area contributed by atoms with Crippen LogP contribution in [0.1, 0.15) is 25.3 Å². The Morgan fingerprint density at radius 1 is 1.24 bits per heavy atom. The van der Waals surface area contributed by atoms with Crippen LogP contribution in [0.25, 0.3) is 0 Å². The molecule has 1 rings (SSSR count). The summed E-state index contributed by atoms with van der Waals surface area (Å²) in [6.45, 7) is 4.37.